The van der Waals surface area contributed by atoms with E-state index in [4.69, 9.17) is 0 Å². The summed E-state index contributed by atoms with van der Waals surface area (Å²) in [6, 6.07) is 1.54. The Morgan fingerprint density at radius 1 is 1.47 bits per heavy atom. The summed E-state index contributed by atoms with van der Waals surface area (Å²) in [6.07, 6.45) is 4.85. The van der Waals surface area contributed by atoms with E-state index in [1.54, 1.807) is 0 Å². The van der Waals surface area contributed by atoms with Crippen LogP contribution in [0.1, 0.15) is 23.2 Å². The van der Waals surface area contributed by atoms with Crippen molar-refractivity contribution in [2.24, 2.45) is 0 Å². The molecule has 1 aliphatic rings. The van der Waals surface area contributed by atoms with Gasteiger partial charge < -0.3 is 15.2 Å². The number of piperidine rings is 1. The van der Waals surface area contributed by atoms with Gasteiger partial charge in [-0.05, 0) is 33.0 Å². The molecule has 2 rings (SSSR count). The molecule has 0 saturated carbocycles. The standard InChI is InChI=1S/C12H17N3O2/c1-15-6-3-9(4-7-15)14-12(17)10-8-13-5-2-11(10)16/h2,5,8-9H,3-4,6-7H2,1H3,(H,13,16)(H,14,17). The van der Waals surface area contributed by atoms with Crippen LogP contribution >= 0.6 is 0 Å². The molecule has 0 unspecified atom stereocenters. The molecule has 1 amide bonds. The van der Waals surface area contributed by atoms with Crippen molar-refractivity contribution in [3.63, 3.8) is 0 Å². The van der Waals surface area contributed by atoms with Gasteiger partial charge >= 0.3 is 0 Å². The van der Waals surface area contributed by atoms with Crippen molar-refractivity contribution in [1.82, 2.24) is 15.2 Å². The Morgan fingerprint density at radius 2 is 2.18 bits per heavy atom. The Morgan fingerprint density at radius 3 is 2.82 bits per heavy atom. The number of nitrogens with one attached hydrogen (secondary N) is 2. The minimum absolute atomic E-state index is 0.179. The highest BCUT2D eigenvalue weighted by molar-refractivity contribution is 5.93. The highest BCUT2D eigenvalue weighted by atomic mass is 16.2. The van der Waals surface area contributed by atoms with Crippen LogP contribution < -0.4 is 10.7 Å². The van der Waals surface area contributed by atoms with E-state index in [0.29, 0.717) is 0 Å². The van der Waals surface area contributed by atoms with Gasteiger partial charge in [0.05, 0.1) is 0 Å². The number of aromatic nitrogens is 1. The summed E-state index contributed by atoms with van der Waals surface area (Å²) in [6.45, 7) is 1.96. The average Bonchev–Trinajstić information content (AvgIpc) is 2.32. The maximum absolute atomic E-state index is 11.9. The molecule has 1 saturated heterocycles. The van der Waals surface area contributed by atoms with Gasteiger partial charge in [-0.2, -0.15) is 0 Å². The molecule has 1 fully saturated rings. The Balaban J connectivity index is 1.98. The van der Waals surface area contributed by atoms with Crippen LogP contribution in [0.5, 0.6) is 0 Å². The van der Waals surface area contributed by atoms with Crippen molar-refractivity contribution in [3.05, 3.63) is 34.2 Å². The molecular weight excluding hydrogens is 218 g/mol. The molecular formula is C12H17N3O2. The Hall–Kier alpha value is -1.62. The molecule has 5 heteroatoms. The van der Waals surface area contributed by atoms with Gasteiger partial charge in [-0.25, -0.2) is 0 Å². The summed E-state index contributed by atoms with van der Waals surface area (Å²) < 4.78 is 0. The summed E-state index contributed by atoms with van der Waals surface area (Å²) in [5.41, 5.74) is -0.0550. The number of likely N-dealkylation sites (tertiary alicyclic amines) is 1. The predicted octanol–water partition coefficient (Wildman–Crippen LogP) is 0.199. The lowest BCUT2D eigenvalue weighted by Crippen LogP contribution is -2.44. The summed E-state index contributed by atoms with van der Waals surface area (Å²) >= 11 is 0. The lowest BCUT2D eigenvalue weighted by atomic mass is 10.1. The maximum atomic E-state index is 11.9. The second-order valence-corrected chi connectivity index (χ2v) is 4.47. The van der Waals surface area contributed by atoms with Crippen LogP contribution in [0.4, 0.5) is 0 Å². The number of pyridine rings is 1. The van der Waals surface area contributed by atoms with Crippen molar-refractivity contribution < 1.29 is 4.79 Å². The molecule has 1 aromatic heterocycles. The third-order valence-corrected chi connectivity index (χ3v) is 3.12. The van der Waals surface area contributed by atoms with Crippen molar-refractivity contribution in [2.75, 3.05) is 20.1 Å². The first-order valence-electron chi connectivity index (χ1n) is 5.83. The smallest absolute Gasteiger partial charge is 0.256 e. The zero-order valence-corrected chi connectivity index (χ0v) is 9.90. The normalized spacial score (nSPS) is 17.9. The Bertz CT molecular complexity index is 447. The molecule has 1 aliphatic heterocycles. The first-order valence-corrected chi connectivity index (χ1v) is 5.83. The first kappa shape index (κ1) is 11.9. The number of carbonyl (C=O) groups is 1. The molecule has 17 heavy (non-hydrogen) atoms. The van der Waals surface area contributed by atoms with Crippen LogP contribution in [0, 0.1) is 0 Å². The van der Waals surface area contributed by atoms with Crippen LogP contribution in [0.15, 0.2) is 23.3 Å². The van der Waals surface area contributed by atoms with E-state index in [1.807, 2.05) is 0 Å². The number of aromatic amines is 1. The first-order chi connectivity index (χ1) is 8.16. The fourth-order valence-corrected chi connectivity index (χ4v) is 2.01. The molecule has 0 aliphatic carbocycles. The van der Waals surface area contributed by atoms with E-state index in [9.17, 15) is 9.59 Å². The summed E-state index contributed by atoms with van der Waals surface area (Å²) in [4.78, 5) is 28.3. The third-order valence-electron chi connectivity index (χ3n) is 3.12. The number of amides is 1. The fourth-order valence-electron chi connectivity index (χ4n) is 2.01. The predicted molar refractivity (Wildman–Crippen MR) is 65.0 cm³/mol. The molecule has 5 nitrogen and oxygen atoms in total. The van der Waals surface area contributed by atoms with Gasteiger partial charge in [-0.1, -0.05) is 0 Å². The lowest BCUT2D eigenvalue weighted by molar-refractivity contribution is 0.0915. The molecule has 2 heterocycles. The van der Waals surface area contributed by atoms with Gasteiger partial charge in [-0.3, -0.25) is 9.59 Å². The summed E-state index contributed by atoms with van der Waals surface area (Å²) in [5, 5.41) is 2.91. The van der Waals surface area contributed by atoms with Crippen LogP contribution in [0.2, 0.25) is 0 Å². The zero-order valence-electron chi connectivity index (χ0n) is 9.90. The Kier molecular flexibility index (Phi) is 3.58. The van der Waals surface area contributed by atoms with Gasteiger partial charge in [0, 0.05) is 24.5 Å². The molecule has 0 radical (unpaired) electrons. The van der Waals surface area contributed by atoms with Crippen molar-refractivity contribution in [3.8, 4) is 0 Å². The van der Waals surface area contributed by atoms with Crippen molar-refractivity contribution >= 4 is 5.91 Å². The molecule has 0 bridgehead atoms. The second kappa shape index (κ2) is 5.14. The molecule has 1 aromatic rings. The van der Waals surface area contributed by atoms with Crippen LogP contribution in [-0.2, 0) is 0 Å². The van der Waals surface area contributed by atoms with E-state index < -0.39 is 0 Å². The van der Waals surface area contributed by atoms with Gasteiger partial charge in [0.2, 0.25) is 0 Å². The number of carbonyl (C=O) groups excluding carboxylic acids is 1. The number of hydrogen-bond acceptors (Lipinski definition) is 3. The zero-order chi connectivity index (χ0) is 12.3. The van der Waals surface area contributed by atoms with Gasteiger partial charge in [0.25, 0.3) is 5.91 Å². The molecule has 0 spiro atoms. The van der Waals surface area contributed by atoms with Crippen molar-refractivity contribution in [2.45, 2.75) is 18.9 Å². The SMILES string of the molecule is CN1CCC(NC(=O)c2c[nH]ccc2=O)CC1. The third kappa shape index (κ3) is 2.94. The van der Waals surface area contributed by atoms with Gasteiger partial charge in [0.1, 0.15) is 5.56 Å². The average molecular weight is 235 g/mol. The molecule has 0 atom stereocenters. The topological polar surface area (TPSA) is 65.2 Å². The van der Waals surface area contributed by atoms with E-state index in [2.05, 4.69) is 22.2 Å². The van der Waals surface area contributed by atoms with Crippen LogP contribution in [0.25, 0.3) is 0 Å². The fraction of sp³-hybridized carbons (Fsp3) is 0.500. The minimum Gasteiger partial charge on any atom is -0.367 e. The van der Waals surface area contributed by atoms with E-state index in [1.165, 1.54) is 18.5 Å². The number of nitrogens with zero attached hydrogens (tertiary/aromatic N) is 1. The van der Waals surface area contributed by atoms with Crippen LogP contribution in [0.3, 0.4) is 0 Å². The number of H-pyrrole nitrogens is 1. The molecule has 92 valence electrons. The number of hydrogen-bond donors (Lipinski definition) is 2. The van der Waals surface area contributed by atoms with Gasteiger partial charge in [0.15, 0.2) is 5.43 Å². The van der Waals surface area contributed by atoms with E-state index in [-0.39, 0.29) is 22.9 Å². The minimum atomic E-state index is -0.276. The van der Waals surface area contributed by atoms with E-state index >= 15 is 0 Å². The maximum Gasteiger partial charge on any atom is 0.256 e. The highest BCUT2D eigenvalue weighted by Crippen LogP contribution is 2.08. The van der Waals surface area contributed by atoms with E-state index in [0.717, 1.165) is 25.9 Å². The summed E-state index contributed by atoms with van der Waals surface area (Å²) in [5.74, 6) is -0.276. The van der Waals surface area contributed by atoms with Crippen LogP contribution in [-0.4, -0.2) is 42.0 Å². The largest absolute Gasteiger partial charge is 0.367 e. The molecule has 0 aromatic carbocycles. The monoisotopic (exact) mass is 235 g/mol. The molecule has 2 N–H and O–H groups in total. The second-order valence-electron chi connectivity index (χ2n) is 4.47. The lowest BCUT2D eigenvalue weighted by Gasteiger charge is -2.29. The highest BCUT2D eigenvalue weighted by Gasteiger charge is 2.19. The van der Waals surface area contributed by atoms with Gasteiger partial charge in [-0.15, -0.1) is 0 Å². The quantitative estimate of drug-likeness (QED) is 0.769. The van der Waals surface area contributed by atoms with Crippen molar-refractivity contribution in [1.29, 1.82) is 0 Å². The summed E-state index contributed by atoms with van der Waals surface area (Å²) in [7, 11) is 2.07. The Labute approximate surface area is 99.8 Å². The number of rotatable bonds is 2.